The average Bonchev–Trinajstić information content (AvgIpc) is 2.34. The Morgan fingerprint density at radius 3 is 2.94 bits per heavy atom. The maximum Gasteiger partial charge on any atom is 0.129 e. The molecule has 1 fully saturated rings. The molecule has 1 heterocycles. The molecule has 1 aliphatic heterocycles. The quantitative estimate of drug-likeness (QED) is 0.915. The highest BCUT2D eigenvalue weighted by atomic mass is 35.5. The van der Waals surface area contributed by atoms with Gasteiger partial charge in [-0.3, -0.25) is 4.90 Å². The molecule has 2 N–H and O–H groups in total. The highest BCUT2D eigenvalue weighted by Gasteiger charge is 2.25. The van der Waals surface area contributed by atoms with Crippen LogP contribution >= 0.6 is 11.6 Å². The number of rotatable bonds is 3. The maximum atomic E-state index is 13.8. The summed E-state index contributed by atoms with van der Waals surface area (Å²) in [6.07, 6.45) is 2.26. The molecule has 0 bridgehead atoms. The minimum absolute atomic E-state index is 0.225. The van der Waals surface area contributed by atoms with E-state index in [4.69, 9.17) is 17.3 Å². The van der Waals surface area contributed by atoms with Gasteiger partial charge in [-0.2, -0.15) is 0 Å². The van der Waals surface area contributed by atoms with Gasteiger partial charge in [-0.25, -0.2) is 4.39 Å². The molecule has 1 aromatic carbocycles. The number of nitrogens with two attached hydrogens (primary N) is 1. The molecule has 4 heteroatoms. The number of hydrogen-bond acceptors (Lipinski definition) is 2. The number of likely N-dealkylation sites (tertiary alicyclic amines) is 1. The summed E-state index contributed by atoms with van der Waals surface area (Å²) in [4.78, 5) is 2.28. The second-order valence-corrected chi connectivity index (χ2v) is 5.66. The summed E-state index contributed by atoms with van der Waals surface area (Å²) < 4.78 is 13.8. The van der Waals surface area contributed by atoms with Crippen LogP contribution in [0.15, 0.2) is 18.2 Å². The molecule has 0 aliphatic carbocycles. The zero-order valence-corrected chi connectivity index (χ0v) is 11.5. The van der Waals surface area contributed by atoms with Crippen molar-refractivity contribution in [2.45, 2.75) is 32.4 Å². The average molecular weight is 271 g/mol. The standard InChI is InChI=1S/C14H20ClFN2/c1-10-4-5-18(13(6-10)8-17)9-11-2-3-12(15)7-14(11)16/h2-3,7,10,13H,4-6,8-9,17H2,1H3. The second kappa shape index (κ2) is 6.00. The van der Waals surface area contributed by atoms with E-state index >= 15 is 0 Å². The van der Waals surface area contributed by atoms with Crippen molar-refractivity contribution in [3.8, 4) is 0 Å². The van der Waals surface area contributed by atoms with Crippen LogP contribution in [0.4, 0.5) is 4.39 Å². The SMILES string of the molecule is CC1CCN(Cc2ccc(Cl)cc2F)C(CN)C1. The lowest BCUT2D eigenvalue weighted by Crippen LogP contribution is -2.45. The molecule has 2 rings (SSSR count). The van der Waals surface area contributed by atoms with Gasteiger partial charge in [0.15, 0.2) is 0 Å². The second-order valence-electron chi connectivity index (χ2n) is 5.23. The van der Waals surface area contributed by atoms with Crippen LogP contribution in [0.25, 0.3) is 0 Å². The van der Waals surface area contributed by atoms with E-state index in [1.54, 1.807) is 12.1 Å². The topological polar surface area (TPSA) is 29.3 Å². The summed E-state index contributed by atoms with van der Waals surface area (Å²) in [5.41, 5.74) is 6.52. The van der Waals surface area contributed by atoms with E-state index in [9.17, 15) is 4.39 Å². The first-order valence-corrected chi connectivity index (χ1v) is 6.86. The van der Waals surface area contributed by atoms with E-state index in [0.29, 0.717) is 35.6 Å². The van der Waals surface area contributed by atoms with Crippen molar-refractivity contribution in [3.05, 3.63) is 34.6 Å². The molecule has 1 aromatic rings. The minimum atomic E-state index is -0.225. The number of hydrogen-bond donors (Lipinski definition) is 1. The van der Waals surface area contributed by atoms with E-state index in [2.05, 4.69) is 11.8 Å². The van der Waals surface area contributed by atoms with E-state index in [1.807, 2.05) is 0 Å². The molecule has 1 aliphatic rings. The molecular formula is C14H20ClFN2. The van der Waals surface area contributed by atoms with E-state index < -0.39 is 0 Å². The summed E-state index contributed by atoms with van der Waals surface area (Å²) in [5, 5.41) is 0.443. The van der Waals surface area contributed by atoms with Crippen molar-refractivity contribution < 1.29 is 4.39 Å². The Morgan fingerprint density at radius 1 is 1.50 bits per heavy atom. The molecule has 2 atom stereocenters. The van der Waals surface area contributed by atoms with E-state index in [0.717, 1.165) is 19.4 Å². The fourth-order valence-corrected chi connectivity index (χ4v) is 2.78. The summed E-state index contributed by atoms with van der Waals surface area (Å²) in [7, 11) is 0. The zero-order chi connectivity index (χ0) is 13.1. The first-order valence-electron chi connectivity index (χ1n) is 6.48. The van der Waals surface area contributed by atoms with Gasteiger partial charge in [0.25, 0.3) is 0 Å². The first kappa shape index (κ1) is 13.8. The van der Waals surface area contributed by atoms with Gasteiger partial charge in [0, 0.05) is 29.7 Å². The van der Waals surface area contributed by atoms with Crippen LogP contribution in [0, 0.1) is 11.7 Å². The Labute approximate surface area is 113 Å². The molecule has 2 nitrogen and oxygen atoms in total. The van der Waals surface area contributed by atoms with Crippen LogP contribution in [0.1, 0.15) is 25.3 Å². The van der Waals surface area contributed by atoms with Gasteiger partial charge in [0.05, 0.1) is 0 Å². The van der Waals surface area contributed by atoms with Crippen molar-refractivity contribution in [2.24, 2.45) is 11.7 Å². The molecule has 1 saturated heterocycles. The third-order valence-corrected chi connectivity index (χ3v) is 4.00. The Morgan fingerprint density at radius 2 is 2.28 bits per heavy atom. The number of piperidine rings is 1. The molecule has 0 aromatic heterocycles. The van der Waals surface area contributed by atoms with Crippen LogP contribution in [-0.2, 0) is 6.54 Å². The molecule has 18 heavy (non-hydrogen) atoms. The Bertz CT molecular complexity index is 411. The predicted molar refractivity (Wildman–Crippen MR) is 73.1 cm³/mol. The van der Waals surface area contributed by atoms with Crippen LogP contribution in [0.2, 0.25) is 5.02 Å². The highest BCUT2D eigenvalue weighted by molar-refractivity contribution is 6.30. The van der Waals surface area contributed by atoms with Gasteiger partial charge in [0.2, 0.25) is 0 Å². The molecule has 0 spiro atoms. The van der Waals surface area contributed by atoms with Gasteiger partial charge in [-0.15, -0.1) is 0 Å². The fraction of sp³-hybridized carbons (Fsp3) is 0.571. The Kier molecular flexibility index (Phi) is 4.60. The largest absolute Gasteiger partial charge is 0.329 e. The Hall–Kier alpha value is -0.640. The van der Waals surface area contributed by atoms with E-state index in [-0.39, 0.29) is 5.82 Å². The van der Waals surface area contributed by atoms with Crippen LogP contribution in [-0.4, -0.2) is 24.0 Å². The number of halogens is 2. The van der Waals surface area contributed by atoms with Crippen molar-refractivity contribution >= 4 is 11.6 Å². The van der Waals surface area contributed by atoms with Crippen molar-refractivity contribution in [3.63, 3.8) is 0 Å². The predicted octanol–water partition coefficient (Wildman–Crippen LogP) is 3.04. The minimum Gasteiger partial charge on any atom is -0.329 e. The van der Waals surface area contributed by atoms with Crippen molar-refractivity contribution in [1.29, 1.82) is 0 Å². The van der Waals surface area contributed by atoms with Gasteiger partial charge in [0.1, 0.15) is 5.82 Å². The van der Waals surface area contributed by atoms with Crippen LogP contribution < -0.4 is 5.73 Å². The summed E-state index contributed by atoms with van der Waals surface area (Å²) in [6.45, 7) is 4.51. The Balaban J connectivity index is 2.07. The number of benzene rings is 1. The lowest BCUT2D eigenvalue weighted by molar-refractivity contribution is 0.114. The van der Waals surface area contributed by atoms with Crippen molar-refractivity contribution in [1.82, 2.24) is 4.90 Å². The smallest absolute Gasteiger partial charge is 0.129 e. The summed E-state index contributed by atoms with van der Waals surface area (Å²) in [5.74, 6) is 0.488. The lowest BCUT2D eigenvalue weighted by atomic mass is 9.92. The lowest BCUT2D eigenvalue weighted by Gasteiger charge is -2.38. The summed E-state index contributed by atoms with van der Waals surface area (Å²) in [6, 6.07) is 5.25. The number of nitrogens with zero attached hydrogens (tertiary/aromatic N) is 1. The molecule has 100 valence electrons. The van der Waals surface area contributed by atoms with Crippen LogP contribution in [0.3, 0.4) is 0 Å². The third-order valence-electron chi connectivity index (χ3n) is 3.76. The van der Waals surface area contributed by atoms with E-state index in [1.165, 1.54) is 6.07 Å². The summed E-state index contributed by atoms with van der Waals surface area (Å²) >= 11 is 5.76. The first-order chi connectivity index (χ1) is 8.60. The van der Waals surface area contributed by atoms with Gasteiger partial charge >= 0.3 is 0 Å². The monoisotopic (exact) mass is 270 g/mol. The normalized spacial score (nSPS) is 25.3. The van der Waals surface area contributed by atoms with Gasteiger partial charge in [-0.05, 0) is 37.4 Å². The molecule has 0 saturated carbocycles. The van der Waals surface area contributed by atoms with Gasteiger partial charge in [-0.1, -0.05) is 24.6 Å². The highest BCUT2D eigenvalue weighted by Crippen LogP contribution is 2.25. The van der Waals surface area contributed by atoms with Crippen LogP contribution in [0.5, 0.6) is 0 Å². The molecule has 0 amide bonds. The molecule has 0 radical (unpaired) electrons. The third kappa shape index (κ3) is 3.22. The molecule has 2 unspecified atom stereocenters. The molecular weight excluding hydrogens is 251 g/mol. The fourth-order valence-electron chi connectivity index (χ4n) is 2.62. The zero-order valence-electron chi connectivity index (χ0n) is 10.7. The maximum absolute atomic E-state index is 13.8. The van der Waals surface area contributed by atoms with Crippen molar-refractivity contribution in [2.75, 3.05) is 13.1 Å². The van der Waals surface area contributed by atoms with Gasteiger partial charge < -0.3 is 5.73 Å².